The Bertz CT molecular complexity index is 537. The number of ketones is 1. The van der Waals surface area contributed by atoms with Crippen molar-refractivity contribution >= 4 is 16.7 Å². The molecule has 0 unspecified atom stereocenters. The third-order valence-corrected chi connectivity index (χ3v) is 3.02. The van der Waals surface area contributed by atoms with E-state index in [2.05, 4.69) is 4.98 Å². The van der Waals surface area contributed by atoms with E-state index in [1.165, 1.54) is 0 Å². The molecule has 94 valence electrons. The number of nitrogens with zero attached hydrogens (tertiary/aromatic N) is 1. The van der Waals surface area contributed by atoms with E-state index < -0.39 is 0 Å². The van der Waals surface area contributed by atoms with Gasteiger partial charge < -0.3 is 5.73 Å². The largest absolute Gasteiger partial charge is 0.330 e. The fourth-order valence-electron chi connectivity index (χ4n) is 1.97. The molecule has 3 heteroatoms. The van der Waals surface area contributed by atoms with Crippen molar-refractivity contribution in [1.29, 1.82) is 0 Å². The highest BCUT2D eigenvalue weighted by molar-refractivity contribution is 5.98. The molecule has 0 fully saturated rings. The van der Waals surface area contributed by atoms with Gasteiger partial charge in [-0.05, 0) is 31.5 Å². The molecule has 0 amide bonds. The maximum atomic E-state index is 12.0. The lowest BCUT2D eigenvalue weighted by Gasteiger charge is -2.02. The summed E-state index contributed by atoms with van der Waals surface area (Å²) in [6.07, 6.45) is 5.17. The van der Waals surface area contributed by atoms with Crippen LogP contribution in [-0.4, -0.2) is 17.3 Å². The molecular weight excluding hydrogens is 224 g/mol. The van der Waals surface area contributed by atoms with Crippen LogP contribution in [-0.2, 0) is 0 Å². The minimum atomic E-state index is 0.172. The van der Waals surface area contributed by atoms with Crippen LogP contribution in [0.3, 0.4) is 0 Å². The van der Waals surface area contributed by atoms with Crippen LogP contribution in [0.5, 0.6) is 0 Å². The highest BCUT2D eigenvalue weighted by Gasteiger charge is 2.06. The van der Waals surface area contributed by atoms with Crippen molar-refractivity contribution in [2.75, 3.05) is 6.54 Å². The zero-order chi connectivity index (χ0) is 12.8. The number of para-hydroxylation sites is 1. The molecule has 1 aromatic carbocycles. The number of rotatable bonds is 6. The summed E-state index contributed by atoms with van der Waals surface area (Å²) >= 11 is 0. The van der Waals surface area contributed by atoms with Crippen molar-refractivity contribution in [3.8, 4) is 0 Å². The summed E-state index contributed by atoms with van der Waals surface area (Å²) in [5.74, 6) is 0.172. The monoisotopic (exact) mass is 242 g/mol. The number of hydrogen-bond acceptors (Lipinski definition) is 3. The predicted octanol–water partition coefficient (Wildman–Crippen LogP) is 2.94. The van der Waals surface area contributed by atoms with Gasteiger partial charge in [0.15, 0.2) is 5.78 Å². The second-order valence-corrected chi connectivity index (χ2v) is 4.44. The van der Waals surface area contributed by atoms with E-state index in [4.69, 9.17) is 5.73 Å². The molecule has 0 aliphatic heterocycles. The first-order valence-electron chi connectivity index (χ1n) is 6.39. The number of fused-ring (bicyclic) bond motifs is 1. The summed E-state index contributed by atoms with van der Waals surface area (Å²) < 4.78 is 0. The summed E-state index contributed by atoms with van der Waals surface area (Å²) in [5, 5.41) is 1.02. The molecule has 0 bridgehead atoms. The SMILES string of the molecule is NCCCCCC(=O)c1cnc2ccccc2c1. The average molecular weight is 242 g/mol. The number of aromatic nitrogens is 1. The molecule has 0 spiro atoms. The molecule has 0 radical (unpaired) electrons. The van der Waals surface area contributed by atoms with Crippen LogP contribution in [0, 0.1) is 0 Å². The molecule has 0 atom stereocenters. The van der Waals surface area contributed by atoms with Gasteiger partial charge in [-0.3, -0.25) is 9.78 Å². The number of carbonyl (C=O) groups is 1. The van der Waals surface area contributed by atoms with Gasteiger partial charge in [-0.25, -0.2) is 0 Å². The van der Waals surface area contributed by atoms with Crippen molar-refractivity contribution in [3.05, 3.63) is 42.1 Å². The van der Waals surface area contributed by atoms with Gasteiger partial charge in [0.2, 0.25) is 0 Å². The van der Waals surface area contributed by atoms with E-state index in [1.807, 2.05) is 30.3 Å². The molecule has 1 aromatic heterocycles. The highest BCUT2D eigenvalue weighted by atomic mass is 16.1. The molecule has 0 saturated carbocycles. The molecule has 1 heterocycles. The van der Waals surface area contributed by atoms with E-state index in [0.717, 1.165) is 30.2 Å². The van der Waals surface area contributed by atoms with Crippen molar-refractivity contribution in [2.45, 2.75) is 25.7 Å². The van der Waals surface area contributed by atoms with Gasteiger partial charge >= 0.3 is 0 Å². The van der Waals surface area contributed by atoms with E-state index in [1.54, 1.807) is 6.20 Å². The Kier molecular flexibility index (Phi) is 4.42. The van der Waals surface area contributed by atoms with E-state index in [0.29, 0.717) is 18.5 Å². The summed E-state index contributed by atoms with van der Waals surface area (Å²) in [6.45, 7) is 0.700. The fourth-order valence-corrected chi connectivity index (χ4v) is 1.97. The minimum Gasteiger partial charge on any atom is -0.330 e. The second-order valence-electron chi connectivity index (χ2n) is 4.44. The molecule has 0 saturated heterocycles. The summed E-state index contributed by atoms with van der Waals surface area (Å²) in [6, 6.07) is 9.76. The zero-order valence-corrected chi connectivity index (χ0v) is 10.4. The van der Waals surface area contributed by atoms with Crippen LogP contribution >= 0.6 is 0 Å². The molecule has 2 rings (SSSR count). The lowest BCUT2D eigenvalue weighted by atomic mass is 10.0. The fraction of sp³-hybridized carbons (Fsp3) is 0.333. The number of pyridine rings is 1. The Balaban J connectivity index is 2.04. The van der Waals surface area contributed by atoms with Crippen molar-refractivity contribution in [1.82, 2.24) is 4.98 Å². The van der Waals surface area contributed by atoms with E-state index in [-0.39, 0.29) is 5.78 Å². The molecule has 0 aliphatic carbocycles. The Morgan fingerprint density at radius 1 is 1.17 bits per heavy atom. The summed E-state index contributed by atoms with van der Waals surface area (Å²) in [5.41, 5.74) is 7.06. The lowest BCUT2D eigenvalue weighted by Crippen LogP contribution is -2.02. The van der Waals surface area contributed by atoms with Gasteiger partial charge in [0, 0.05) is 23.6 Å². The number of hydrogen-bond donors (Lipinski definition) is 1. The van der Waals surface area contributed by atoms with E-state index in [9.17, 15) is 4.79 Å². The Morgan fingerprint density at radius 3 is 2.83 bits per heavy atom. The molecule has 0 aliphatic rings. The highest BCUT2D eigenvalue weighted by Crippen LogP contribution is 2.14. The first-order valence-corrected chi connectivity index (χ1v) is 6.39. The van der Waals surface area contributed by atoms with E-state index >= 15 is 0 Å². The quantitative estimate of drug-likeness (QED) is 0.626. The number of benzene rings is 1. The summed E-state index contributed by atoms with van der Waals surface area (Å²) in [4.78, 5) is 16.3. The van der Waals surface area contributed by atoms with Crippen LogP contribution in [0.4, 0.5) is 0 Å². The molecule has 3 nitrogen and oxygen atoms in total. The van der Waals surface area contributed by atoms with Crippen LogP contribution < -0.4 is 5.73 Å². The second kappa shape index (κ2) is 6.26. The van der Waals surface area contributed by atoms with Crippen LogP contribution in [0.2, 0.25) is 0 Å². The van der Waals surface area contributed by atoms with Gasteiger partial charge in [-0.2, -0.15) is 0 Å². The predicted molar refractivity (Wildman–Crippen MR) is 73.6 cm³/mol. The van der Waals surface area contributed by atoms with Crippen molar-refractivity contribution in [3.63, 3.8) is 0 Å². The molecule has 18 heavy (non-hydrogen) atoms. The number of nitrogens with two attached hydrogens (primary N) is 1. The van der Waals surface area contributed by atoms with Crippen LogP contribution in [0.1, 0.15) is 36.0 Å². The number of carbonyl (C=O) groups excluding carboxylic acids is 1. The maximum Gasteiger partial charge on any atom is 0.164 e. The number of unbranched alkanes of at least 4 members (excludes halogenated alkanes) is 2. The standard InChI is InChI=1S/C15H18N2O/c16-9-5-1-2-8-15(18)13-10-12-6-3-4-7-14(12)17-11-13/h3-4,6-7,10-11H,1-2,5,8-9,16H2. The van der Waals surface area contributed by atoms with Gasteiger partial charge in [0.05, 0.1) is 5.52 Å². The van der Waals surface area contributed by atoms with Gasteiger partial charge in [0.25, 0.3) is 0 Å². The Morgan fingerprint density at radius 2 is 2.00 bits per heavy atom. The first kappa shape index (κ1) is 12.7. The Labute approximate surface area is 107 Å². The number of Topliss-reactive ketones (excluding diaryl/α,β-unsaturated/α-hetero) is 1. The molecular formula is C15H18N2O. The third-order valence-electron chi connectivity index (χ3n) is 3.02. The first-order chi connectivity index (χ1) is 8.81. The summed E-state index contributed by atoms with van der Waals surface area (Å²) in [7, 11) is 0. The van der Waals surface area contributed by atoms with Crippen LogP contribution in [0.15, 0.2) is 36.5 Å². The molecule has 2 aromatic rings. The normalized spacial score (nSPS) is 10.7. The topological polar surface area (TPSA) is 56.0 Å². The lowest BCUT2D eigenvalue weighted by molar-refractivity contribution is 0.0979. The van der Waals surface area contributed by atoms with Crippen molar-refractivity contribution < 1.29 is 4.79 Å². The van der Waals surface area contributed by atoms with Gasteiger partial charge in [-0.15, -0.1) is 0 Å². The van der Waals surface area contributed by atoms with Crippen molar-refractivity contribution in [2.24, 2.45) is 5.73 Å². The molecule has 2 N–H and O–H groups in total. The Hall–Kier alpha value is -1.74. The zero-order valence-electron chi connectivity index (χ0n) is 10.4. The third kappa shape index (κ3) is 3.14. The smallest absolute Gasteiger partial charge is 0.164 e. The average Bonchev–Trinajstić information content (AvgIpc) is 2.43. The minimum absolute atomic E-state index is 0.172. The van der Waals surface area contributed by atoms with Crippen LogP contribution in [0.25, 0.3) is 10.9 Å². The maximum absolute atomic E-state index is 12.0. The van der Waals surface area contributed by atoms with Gasteiger partial charge in [0.1, 0.15) is 0 Å². The van der Waals surface area contributed by atoms with Gasteiger partial charge in [-0.1, -0.05) is 24.6 Å².